The van der Waals surface area contributed by atoms with E-state index in [0.717, 1.165) is 37.2 Å². The van der Waals surface area contributed by atoms with Gasteiger partial charge in [0.05, 0.1) is 4.92 Å². The zero-order valence-electron chi connectivity index (χ0n) is 14.4. The molecule has 25 heavy (non-hydrogen) atoms. The molecule has 3 rings (SSSR count). The normalized spacial score (nSPS) is 17.4. The number of hydrogen-bond donors (Lipinski definition) is 2. The highest BCUT2D eigenvalue weighted by molar-refractivity contribution is 5.72. The number of rotatable bonds is 4. The number of aryl methyl sites for hydroxylation is 1. The predicted molar refractivity (Wildman–Crippen MR) is 98.2 cm³/mol. The average Bonchev–Trinajstić information content (AvgIpc) is 2.54. The first-order chi connectivity index (χ1) is 11.9. The van der Waals surface area contributed by atoms with E-state index < -0.39 is 4.92 Å². The highest BCUT2D eigenvalue weighted by atomic mass is 16.6. The lowest BCUT2D eigenvalue weighted by molar-refractivity contribution is -0.383. The first-order valence-electron chi connectivity index (χ1n) is 8.34. The second-order valence-electron chi connectivity index (χ2n) is 6.55. The molecule has 0 bridgehead atoms. The summed E-state index contributed by atoms with van der Waals surface area (Å²) in [6.07, 6.45) is 2.09. The smallest absolute Gasteiger partial charge is 0.353 e. The number of piperidine rings is 1. The molecular weight excluding hydrogens is 320 g/mol. The van der Waals surface area contributed by atoms with Gasteiger partial charge in [-0.05, 0) is 43.4 Å². The van der Waals surface area contributed by atoms with Gasteiger partial charge in [0.15, 0.2) is 0 Å². The quantitative estimate of drug-likeness (QED) is 0.648. The molecule has 0 amide bonds. The second kappa shape index (κ2) is 6.92. The number of nitro groups is 1. The lowest BCUT2D eigenvalue weighted by Gasteiger charge is -2.31. The van der Waals surface area contributed by atoms with Crippen LogP contribution in [-0.2, 0) is 0 Å². The van der Waals surface area contributed by atoms with Crippen LogP contribution in [-0.4, -0.2) is 28.0 Å². The maximum atomic E-state index is 11.5. The minimum absolute atomic E-state index is 0.122. The highest BCUT2D eigenvalue weighted by Gasteiger charge is 2.29. The van der Waals surface area contributed by atoms with E-state index in [1.807, 2.05) is 36.1 Å². The minimum atomic E-state index is -0.500. The Morgan fingerprint density at radius 2 is 2.20 bits per heavy atom. The van der Waals surface area contributed by atoms with Crippen LogP contribution in [0.1, 0.15) is 25.3 Å². The number of nitrogen functional groups attached to an aromatic ring is 1. The fraction of sp³-hybridized carbons (Fsp3) is 0.412. The molecule has 1 saturated heterocycles. The van der Waals surface area contributed by atoms with Gasteiger partial charge in [0.25, 0.3) is 0 Å². The highest BCUT2D eigenvalue weighted by Crippen LogP contribution is 2.34. The standard InChI is InChI=1S/C17H22N6O2/c1-11-5-3-7-13(9-11)19-17-20-15(18)14(23(24)25)16(21-17)22-8-4-6-12(2)10-22/h3,5,7,9,12H,4,6,8,10H2,1-2H3,(H3,18,19,20,21)/t12-/m0/s1. The van der Waals surface area contributed by atoms with Crippen molar-refractivity contribution in [2.45, 2.75) is 26.7 Å². The van der Waals surface area contributed by atoms with Crippen LogP contribution in [0.15, 0.2) is 24.3 Å². The second-order valence-corrected chi connectivity index (χ2v) is 6.55. The molecule has 3 N–H and O–H groups in total. The molecular formula is C17H22N6O2. The molecule has 2 aromatic rings. The van der Waals surface area contributed by atoms with Crippen LogP contribution in [0, 0.1) is 23.0 Å². The fourth-order valence-corrected chi connectivity index (χ4v) is 3.15. The van der Waals surface area contributed by atoms with Crippen molar-refractivity contribution in [1.29, 1.82) is 0 Å². The van der Waals surface area contributed by atoms with Crippen LogP contribution in [0.2, 0.25) is 0 Å². The molecule has 2 heterocycles. The van der Waals surface area contributed by atoms with Gasteiger partial charge in [-0.1, -0.05) is 19.1 Å². The van der Waals surface area contributed by atoms with Crippen molar-refractivity contribution in [3.63, 3.8) is 0 Å². The molecule has 0 saturated carbocycles. The molecule has 8 heteroatoms. The van der Waals surface area contributed by atoms with Crippen LogP contribution in [0.4, 0.5) is 29.0 Å². The molecule has 8 nitrogen and oxygen atoms in total. The van der Waals surface area contributed by atoms with E-state index in [2.05, 4.69) is 22.2 Å². The van der Waals surface area contributed by atoms with Gasteiger partial charge in [-0.2, -0.15) is 9.97 Å². The van der Waals surface area contributed by atoms with Crippen LogP contribution in [0.3, 0.4) is 0 Å². The van der Waals surface area contributed by atoms with Crippen LogP contribution in [0.25, 0.3) is 0 Å². The molecule has 1 aromatic carbocycles. The summed E-state index contributed by atoms with van der Waals surface area (Å²) in [5.74, 6) is 0.891. The number of hydrogen-bond acceptors (Lipinski definition) is 7. The third-order valence-electron chi connectivity index (χ3n) is 4.31. The molecule has 0 aliphatic carbocycles. The first-order valence-corrected chi connectivity index (χ1v) is 8.34. The Hall–Kier alpha value is -2.90. The number of nitrogens with one attached hydrogen (secondary N) is 1. The summed E-state index contributed by atoms with van der Waals surface area (Å²) in [5, 5.41) is 14.6. The molecule has 0 unspecified atom stereocenters. The fourth-order valence-electron chi connectivity index (χ4n) is 3.15. The Morgan fingerprint density at radius 3 is 2.88 bits per heavy atom. The lowest BCUT2D eigenvalue weighted by Crippen LogP contribution is -2.35. The van der Waals surface area contributed by atoms with Crippen molar-refractivity contribution >= 4 is 29.0 Å². The number of benzene rings is 1. The van der Waals surface area contributed by atoms with Crippen LogP contribution in [0.5, 0.6) is 0 Å². The molecule has 1 atom stereocenters. The van der Waals surface area contributed by atoms with E-state index in [9.17, 15) is 10.1 Å². The lowest BCUT2D eigenvalue weighted by atomic mass is 10.0. The summed E-state index contributed by atoms with van der Waals surface area (Å²) in [7, 11) is 0. The minimum Gasteiger partial charge on any atom is -0.378 e. The van der Waals surface area contributed by atoms with Gasteiger partial charge < -0.3 is 16.0 Å². The summed E-state index contributed by atoms with van der Waals surface area (Å²) in [4.78, 5) is 21.4. The van der Waals surface area contributed by atoms with Gasteiger partial charge in [-0.15, -0.1) is 0 Å². The topological polar surface area (TPSA) is 110 Å². The van der Waals surface area contributed by atoms with Gasteiger partial charge in [0, 0.05) is 18.8 Å². The Bertz CT molecular complexity index is 795. The van der Waals surface area contributed by atoms with Crippen LogP contribution >= 0.6 is 0 Å². The Balaban J connectivity index is 1.99. The number of aromatic nitrogens is 2. The Kier molecular flexibility index (Phi) is 4.69. The molecule has 0 spiro atoms. The van der Waals surface area contributed by atoms with Crippen molar-refractivity contribution in [2.24, 2.45) is 5.92 Å². The molecule has 1 aliphatic rings. The van der Waals surface area contributed by atoms with Crippen molar-refractivity contribution in [3.05, 3.63) is 39.9 Å². The summed E-state index contributed by atoms with van der Waals surface area (Å²) in [5.41, 5.74) is 7.57. The zero-order valence-corrected chi connectivity index (χ0v) is 14.4. The van der Waals surface area contributed by atoms with E-state index in [4.69, 9.17) is 5.73 Å². The Labute approximate surface area is 146 Å². The van der Waals surface area contributed by atoms with E-state index >= 15 is 0 Å². The molecule has 1 aromatic heterocycles. The van der Waals surface area contributed by atoms with E-state index in [1.54, 1.807) is 0 Å². The van der Waals surface area contributed by atoms with Gasteiger partial charge in [-0.3, -0.25) is 10.1 Å². The van der Waals surface area contributed by atoms with Crippen molar-refractivity contribution in [3.8, 4) is 0 Å². The van der Waals surface area contributed by atoms with Crippen LogP contribution < -0.4 is 16.0 Å². The summed E-state index contributed by atoms with van der Waals surface area (Å²) < 4.78 is 0. The third-order valence-corrected chi connectivity index (χ3v) is 4.31. The predicted octanol–water partition coefficient (Wildman–Crippen LogP) is 3.26. The molecule has 1 aliphatic heterocycles. The average molecular weight is 342 g/mol. The summed E-state index contributed by atoms with van der Waals surface area (Å²) in [6, 6.07) is 7.73. The van der Waals surface area contributed by atoms with E-state index in [1.165, 1.54) is 0 Å². The molecule has 132 valence electrons. The van der Waals surface area contributed by atoms with E-state index in [0.29, 0.717) is 11.7 Å². The number of nitrogens with two attached hydrogens (primary N) is 1. The van der Waals surface area contributed by atoms with Crippen molar-refractivity contribution < 1.29 is 4.92 Å². The Morgan fingerprint density at radius 1 is 1.40 bits per heavy atom. The zero-order chi connectivity index (χ0) is 18.0. The largest absolute Gasteiger partial charge is 0.378 e. The van der Waals surface area contributed by atoms with Gasteiger partial charge >= 0.3 is 5.69 Å². The SMILES string of the molecule is Cc1cccc(Nc2nc(N)c([N+](=O)[O-])c(N3CCC[C@H](C)C3)n2)c1. The van der Waals surface area contributed by atoms with E-state index in [-0.39, 0.29) is 17.5 Å². The third kappa shape index (κ3) is 3.78. The van der Waals surface area contributed by atoms with Gasteiger partial charge in [0.2, 0.25) is 17.6 Å². The summed E-state index contributed by atoms with van der Waals surface area (Å²) in [6.45, 7) is 5.57. The maximum absolute atomic E-state index is 11.5. The monoisotopic (exact) mass is 342 g/mol. The van der Waals surface area contributed by atoms with Crippen molar-refractivity contribution in [1.82, 2.24) is 9.97 Å². The first kappa shape index (κ1) is 16.9. The number of anilines is 4. The maximum Gasteiger partial charge on any atom is 0.353 e. The summed E-state index contributed by atoms with van der Waals surface area (Å²) >= 11 is 0. The van der Waals surface area contributed by atoms with Gasteiger partial charge in [0.1, 0.15) is 0 Å². The van der Waals surface area contributed by atoms with Gasteiger partial charge in [-0.25, -0.2) is 0 Å². The number of nitrogens with zero attached hydrogens (tertiary/aromatic N) is 4. The molecule has 1 fully saturated rings. The molecule has 0 radical (unpaired) electrons. The van der Waals surface area contributed by atoms with Crippen molar-refractivity contribution in [2.75, 3.05) is 29.0 Å².